The van der Waals surface area contributed by atoms with Gasteiger partial charge in [0.2, 0.25) is 0 Å². The molecule has 17 nitrogen and oxygen atoms in total. The molecule has 0 aromatic rings. The van der Waals surface area contributed by atoms with Gasteiger partial charge in [-0.2, -0.15) is 0 Å². The van der Waals surface area contributed by atoms with Gasteiger partial charge in [0.1, 0.15) is 19.3 Å². The summed E-state index contributed by atoms with van der Waals surface area (Å²) in [6.07, 6.45) is 80.6. The molecular weight excluding hydrogens is 1460 g/mol. The smallest absolute Gasteiger partial charge is 0.462 e. The summed E-state index contributed by atoms with van der Waals surface area (Å²) in [6.45, 7) is 9.79. The number of unbranched alkanes of at least 4 members (excludes halogenated alkanes) is 61. The average molecular weight is 1650 g/mol. The lowest BCUT2D eigenvalue weighted by molar-refractivity contribution is -0.161. The van der Waals surface area contributed by atoms with E-state index in [1.165, 1.54) is 327 Å². The number of carbonyl (C=O) groups is 4. The molecule has 19 heteroatoms. The maximum Gasteiger partial charge on any atom is 0.472 e. The van der Waals surface area contributed by atoms with Gasteiger partial charge in [-0.1, -0.05) is 459 Å². The Kier molecular flexibility index (Phi) is 83.6. The predicted octanol–water partition coefficient (Wildman–Crippen LogP) is 29.4. The molecule has 0 fully saturated rings. The van der Waals surface area contributed by atoms with E-state index in [1.54, 1.807) is 0 Å². The molecule has 3 N–H and O–H groups in total. The molecule has 0 rings (SSSR count). The molecule has 672 valence electrons. The monoisotopic (exact) mass is 1650 g/mol. The van der Waals surface area contributed by atoms with Crippen molar-refractivity contribution in [1.29, 1.82) is 0 Å². The summed E-state index contributed by atoms with van der Waals surface area (Å²) in [5, 5.41) is 10.7. The zero-order valence-corrected chi connectivity index (χ0v) is 76.5. The molecule has 0 aliphatic heterocycles. The summed E-state index contributed by atoms with van der Waals surface area (Å²) in [4.78, 5) is 73.5. The van der Waals surface area contributed by atoms with Crippen molar-refractivity contribution in [3.63, 3.8) is 0 Å². The highest BCUT2D eigenvalue weighted by molar-refractivity contribution is 7.47. The molecule has 0 saturated heterocycles. The molecule has 0 radical (unpaired) electrons. The number of ether oxygens (including phenoxy) is 4. The second-order valence-electron chi connectivity index (χ2n) is 34.2. The van der Waals surface area contributed by atoms with Crippen molar-refractivity contribution in [2.75, 3.05) is 39.6 Å². The summed E-state index contributed by atoms with van der Waals surface area (Å²) in [7, 11) is -9.94. The van der Waals surface area contributed by atoms with Crippen LogP contribution in [0.25, 0.3) is 0 Å². The summed E-state index contributed by atoms with van der Waals surface area (Å²) in [5.74, 6) is -0.444. The topological polar surface area (TPSA) is 237 Å². The maximum absolute atomic E-state index is 13.2. The fourth-order valence-electron chi connectivity index (χ4n) is 14.8. The first-order valence-electron chi connectivity index (χ1n) is 48.6. The number of aliphatic hydroxyl groups is 1. The van der Waals surface area contributed by atoms with Gasteiger partial charge >= 0.3 is 39.5 Å². The number of phosphoric acid groups is 2. The van der Waals surface area contributed by atoms with Gasteiger partial charge in [-0.05, 0) is 37.5 Å². The number of rotatable bonds is 93. The maximum atomic E-state index is 13.2. The third kappa shape index (κ3) is 84.9. The molecule has 0 amide bonds. The van der Waals surface area contributed by atoms with Gasteiger partial charge in [0.05, 0.1) is 26.4 Å². The van der Waals surface area contributed by atoms with E-state index in [1.807, 2.05) is 0 Å². The Balaban J connectivity index is 5.25. The van der Waals surface area contributed by atoms with E-state index >= 15 is 0 Å². The molecule has 0 aliphatic carbocycles. The van der Waals surface area contributed by atoms with E-state index < -0.39 is 97.5 Å². The number of phosphoric ester groups is 2. The third-order valence-electron chi connectivity index (χ3n) is 22.9. The minimum atomic E-state index is -4.97. The van der Waals surface area contributed by atoms with E-state index in [-0.39, 0.29) is 25.7 Å². The van der Waals surface area contributed by atoms with Crippen molar-refractivity contribution >= 4 is 39.5 Å². The lowest BCUT2D eigenvalue weighted by atomic mass is 9.99. The van der Waals surface area contributed by atoms with E-state index in [4.69, 9.17) is 37.0 Å². The zero-order chi connectivity index (χ0) is 82.7. The van der Waals surface area contributed by atoms with Crippen LogP contribution in [-0.4, -0.2) is 96.7 Å². The number of hydrogen-bond donors (Lipinski definition) is 3. The van der Waals surface area contributed by atoms with Crippen LogP contribution in [0.4, 0.5) is 0 Å². The van der Waals surface area contributed by atoms with E-state index in [0.29, 0.717) is 25.7 Å². The fraction of sp³-hybridized carbons (Fsp3) is 0.957. The standard InChI is InChI=1S/C94H184O17P2/c1-7-11-13-15-17-19-21-23-25-27-29-31-35-39-43-47-51-58-64-70-76-91(96)104-82-89(110-93(98)78-72-67-61-53-49-45-41-37-33-32-34-38-42-46-50-56-62-68-74-86(5)9-3)84-108-112(100,101)106-80-88(95)81-107-113(102,103)109-85-90(83-105-92(97)77-71-65-59-55-54-57-63-69-75-87(6)10-4)111-94(99)79-73-66-60-52-48-44-40-36-30-28-26-24-22-20-18-16-14-12-8-2/h86-90,95H,7-85H2,1-6H3,(H,100,101)(H,102,103)/t86?,87?,88-,89-,90-/m1/s1. The van der Waals surface area contributed by atoms with Gasteiger partial charge in [-0.15, -0.1) is 0 Å². The molecule has 0 saturated carbocycles. The number of hydrogen-bond acceptors (Lipinski definition) is 15. The Morgan fingerprint density at radius 3 is 0.628 bits per heavy atom. The Labute approximate surface area is 696 Å². The Morgan fingerprint density at radius 1 is 0.248 bits per heavy atom. The van der Waals surface area contributed by atoms with Gasteiger partial charge in [-0.3, -0.25) is 37.3 Å². The van der Waals surface area contributed by atoms with Crippen molar-refractivity contribution < 1.29 is 80.2 Å². The normalized spacial score (nSPS) is 14.2. The first kappa shape index (κ1) is 111. The van der Waals surface area contributed by atoms with Crippen LogP contribution in [0.1, 0.15) is 510 Å². The Bertz CT molecular complexity index is 2150. The second kappa shape index (κ2) is 85.1. The number of esters is 4. The van der Waals surface area contributed by atoms with E-state index in [9.17, 15) is 43.2 Å². The second-order valence-corrected chi connectivity index (χ2v) is 37.1. The SMILES string of the molecule is CCCCCCCCCCCCCCCCCCCCCCC(=O)OC[C@H](COP(=O)(O)OC[C@@H](O)COP(=O)(O)OC[C@@H](COC(=O)CCCCCCCCCCC(C)CC)OC(=O)CCCCCCCCCCCCCCCCCCCCC)OC(=O)CCCCCCCCCCCCCCCCCCCCC(C)CC. The number of aliphatic hydroxyl groups excluding tert-OH is 1. The molecule has 4 unspecified atom stereocenters. The van der Waals surface area contributed by atoms with Crippen LogP contribution in [0, 0.1) is 11.8 Å². The van der Waals surface area contributed by atoms with Crippen molar-refractivity contribution in [1.82, 2.24) is 0 Å². The summed E-state index contributed by atoms with van der Waals surface area (Å²) < 4.78 is 69.2. The molecule has 113 heavy (non-hydrogen) atoms. The lowest BCUT2D eigenvalue weighted by Gasteiger charge is -2.21. The molecule has 0 aliphatic rings. The van der Waals surface area contributed by atoms with Crippen molar-refractivity contribution in [2.45, 2.75) is 529 Å². The summed E-state index contributed by atoms with van der Waals surface area (Å²) >= 11 is 0. The Morgan fingerprint density at radius 2 is 0.425 bits per heavy atom. The van der Waals surface area contributed by atoms with Crippen LogP contribution in [0.2, 0.25) is 0 Å². The quantitative estimate of drug-likeness (QED) is 0.0222. The molecule has 0 aromatic carbocycles. The van der Waals surface area contributed by atoms with Gasteiger partial charge in [0, 0.05) is 25.7 Å². The van der Waals surface area contributed by atoms with Crippen LogP contribution in [-0.2, 0) is 65.4 Å². The van der Waals surface area contributed by atoms with Crippen LogP contribution in [0.3, 0.4) is 0 Å². The predicted molar refractivity (Wildman–Crippen MR) is 469 cm³/mol. The minimum absolute atomic E-state index is 0.109. The van der Waals surface area contributed by atoms with Crippen molar-refractivity contribution in [2.24, 2.45) is 11.8 Å². The van der Waals surface area contributed by atoms with Crippen molar-refractivity contribution in [3.05, 3.63) is 0 Å². The van der Waals surface area contributed by atoms with Crippen LogP contribution < -0.4 is 0 Å². The first-order chi connectivity index (χ1) is 54.9. The highest BCUT2D eigenvalue weighted by atomic mass is 31.2. The highest BCUT2D eigenvalue weighted by Gasteiger charge is 2.31. The van der Waals surface area contributed by atoms with Crippen molar-refractivity contribution in [3.8, 4) is 0 Å². The third-order valence-corrected chi connectivity index (χ3v) is 24.8. The number of carbonyl (C=O) groups excluding carboxylic acids is 4. The fourth-order valence-corrected chi connectivity index (χ4v) is 16.3. The Hall–Kier alpha value is -1.94. The average Bonchev–Trinajstić information content (AvgIpc) is 0.901. The van der Waals surface area contributed by atoms with Gasteiger partial charge < -0.3 is 33.8 Å². The summed E-state index contributed by atoms with van der Waals surface area (Å²) in [6, 6.07) is 0. The van der Waals surface area contributed by atoms with Gasteiger partial charge in [0.15, 0.2) is 12.2 Å². The molecule has 0 spiro atoms. The van der Waals surface area contributed by atoms with Crippen LogP contribution in [0.5, 0.6) is 0 Å². The lowest BCUT2D eigenvalue weighted by Crippen LogP contribution is -2.30. The van der Waals surface area contributed by atoms with Gasteiger partial charge in [0.25, 0.3) is 0 Å². The molecule has 0 aromatic heterocycles. The first-order valence-corrected chi connectivity index (χ1v) is 51.6. The molecule has 7 atom stereocenters. The molecule has 0 bridgehead atoms. The summed E-state index contributed by atoms with van der Waals surface area (Å²) in [5.41, 5.74) is 0. The molecule has 0 heterocycles. The zero-order valence-electron chi connectivity index (χ0n) is 74.7. The van der Waals surface area contributed by atoms with E-state index in [2.05, 4.69) is 41.5 Å². The van der Waals surface area contributed by atoms with Crippen LogP contribution >= 0.6 is 15.6 Å². The van der Waals surface area contributed by atoms with Gasteiger partial charge in [-0.25, -0.2) is 9.13 Å². The molecular formula is C94H184O17P2. The van der Waals surface area contributed by atoms with E-state index in [0.717, 1.165) is 102 Å². The largest absolute Gasteiger partial charge is 0.472 e. The minimum Gasteiger partial charge on any atom is -0.462 e. The van der Waals surface area contributed by atoms with Crippen LogP contribution in [0.15, 0.2) is 0 Å². The highest BCUT2D eigenvalue weighted by Crippen LogP contribution is 2.45.